The highest BCUT2D eigenvalue weighted by molar-refractivity contribution is 6.44. The van der Waals surface area contributed by atoms with E-state index in [0.29, 0.717) is 28.9 Å². The zero-order valence-corrected chi connectivity index (χ0v) is 19.3. The van der Waals surface area contributed by atoms with Crippen LogP contribution in [0.2, 0.25) is 10.0 Å². The molecule has 4 rings (SSSR count). The molecule has 6 nitrogen and oxygen atoms in total. The first-order valence-corrected chi connectivity index (χ1v) is 11.2. The fraction of sp³-hybridized carbons (Fsp3) is 0.292. The summed E-state index contributed by atoms with van der Waals surface area (Å²) in [4.78, 5) is 32.7. The van der Waals surface area contributed by atoms with Crippen LogP contribution in [0.1, 0.15) is 35.5 Å². The van der Waals surface area contributed by atoms with Crippen LogP contribution in [-0.2, 0) is 22.5 Å². The number of pyridine rings is 1. The number of para-hydroxylation sites is 1. The van der Waals surface area contributed by atoms with Gasteiger partial charge in [-0.05, 0) is 32.0 Å². The molecule has 3 aromatic rings. The van der Waals surface area contributed by atoms with E-state index in [9.17, 15) is 9.59 Å². The standard InChI is InChI=1S/C24H23Cl2N3O3/c1-14(2)29-11-10-19-16(12-29)22(15-6-3-4-8-18(15)27-19)24(31)32-13-21(30)28-20-9-5-7-17(25)23(20)26/h3-9,14H,10-13H2,1-2H3,(H,28,30). The second kappa shape index (κ2) is 9.45. The number of aromatic nitrogens is 1. The largest absolute Gasteiger partial charge is 0.452 e. The molecule has 2 aromatic carbocycles. The van der Waals surface area contributed by atoms with Gasteiger partial charge < -0.3 is 10.1 Å². The third-order valence-corrected chi connectivity index (χ3v) is 6.39. The van der Waals surface area contributed by atoms with Gasteiger partial charge in [-0.2, -0.15) is 0 Å². The number of hydrogen-bond acceptors (Lipinski definition) is 5. The van der Waals surface area contributed by atoms with E-state index in [1.54, 1.807) is 18.2 Å². The Labute approximate surface area is 196 Å². The summed E-state index contributed by atoms with van der Waals surface area (Å²) in [5.41, 5.74) is 3.35. The normalized spacial score (nSPS) is 13.8. The van der Waals surface area contributed by atoms with Crippen molar-refractivity contribution in [3.63, 3.8) is 0 Å². The van der Waals surface area contributed by atoms with Gasteiger partial charge in [0.2, 0.25) is 0 Å². The average molecular weight is 472 g/mol. The fourth-order valence-corrected chi connectivity index (χ4v) is 4.22. The van der Waals surface area contributed by atoms with Crippen LogP contribution in [0.3, 0.4) is 0 Å². The zero-order valence-electron chi connectivity index (χ0n) is 17.8. The van der Waals surface area contributed by atoms with Gasteiger partial charge in [0, 0.05) is 42.2 Å². The van der Waals surface area contributed by atoms with Gasteiger partial charge in [0.05, 0.1) is 26.8 Å². The van der Waals surface area contributed by atoms with Crippen molar-refractivity contribution in [1.29, 1.82) is 0 Å². The van der Waals surface area contributed by atoms with Crippen LogP contribution in [0.15, 0.2) is 42.5 Å². The minimum Gasteiger partial charge on any atom is -0.452 e. The van der Waals surface area contributed by atoms with Crippen LogP contribution in [0.25, 0.3) is 10.9 Å². The van der Waals surface area contributed by atoms with Crippen LogP contribution < -0.4 is 5.32 Å². The Morgan fingerprint density at radius 1 is 1.16 bits per heavy atom. The van der Waals surface area contributed by atoms with Gasteiger partial charge in [0.15, 0.2) is 6.61 Å². The molecule has 1 aliphatic heterocycles. The number of esters is 1. The van der Waals surface area contributed by atoms with Gasteiger partial charge >= 0.3 is 5.97 Å². The molecule has 2 heterocycles. The van der Waals surface area contributed by atoms with Crippen LogP contribution >= 0.6 is 23.2 Å². The summed E-state index contributed by atoms with van der Waals surface area (Å²) in [6.07, 6.45) is 0.756. The van der Waals surface area contributed by atoms with Crippen molar-refractivity contribution in [2.24, 2.45) is 0 Å². The van der Waals surface area contributed by atoms with Crippen molar-refractivity contribution in [2.45, 2.75) is 32.9 Å². The highest BCUT2D eigenvalue weighted by Crippen LogP contribution is 2.31. The van der Waals surface area contributed by atoms with Gasteiger partial charge in [0.1, 0.15) is 0 Å². The number of ether oxygens (including phenoxy) is 1. The summed E-state index contributed by atoms with van der Waals surface area (Å²) in [6, 6.07) is 12.8. The number of rotatable bonds is 5. The summed E-state index contributed by atoms with van der Waals surface area (Å²) >= 11 is 12.1. The third kappa shape index (κ3) is 4.58. The predicted octanol–water partition coefficient (Wildman–Crippen LogP) is 5.10. The van der Waals surface area contributed by atoms with E-state index in [1.165, 1.54) is 0 Å². The minimum atomic E-state index is -0.544. The maximum Gasteiger partial charge on any atom is 0.339 e. The molecule has 0 saturated heterocycles. The lowest BCUT2D eigenvalue weighted by Crippen LogP contribution is -2.37. The first kappa shape index (κ1) is 22.5. The minimum absolute atomic E-state index is 0.233. The molecule has 0 fully saturated rings. The summed E-state index contributed by atoms with van der Waals surface area (Å²) in [7, 11) is 0. The van der Waals surface area contributed by atoms with Gasteiger partial charge in [-0.25, -0.2) is 4.79 Å². The average Bonchev–Trinajstić information content (AvgIpc) is 2.78. The van der Waals surface area contributed by atoms with E-state index >= 15 is 0 Å². The monoisotopic (exact) mass is 471 g/mol. The summed E-state index contributed by atoms with van der Waals surface area (Å²) in [5, 5.41) is 3.91. The molecular weight excluding hydrogens is 449 g/mol. The number of anilines is 1. The number of nitrogens with zero attached hydrogens (tertiary/aromatic N) is 2. The highest BCUT2D eigenvalue weighted by Gasteiger charge is 2.28. The smallest absolute Gasteiger partial charge is 0.339 e. The molecule has 0 unspecified atom stereocenters. The number of halogens is 2. The fourth-order valence-electron chi connectivity index (χ4n) is 3.87. The van der Waals surface area contributed by atoms with E-state index < -0.39 is 18.5 Å². The second-order valence-electron chi connectivity index (χ2n) is 7.97. The number of hydrogen-bond donors (Lipinski definition) is 1. The molecule has 0 aliphatic carbocycles. The van der Waals surface area contributed by atoms with Gasteiger partial charge in [-0.3, -0.25) is 14.7 Å². The molecule has 0 atom stereocenters. The second-order valence-corrected chi connectivity index (χ2v) is 8.75. The number of fused-ring (bicyclic) bond motifs is 2. The molecule has 8 heteroatoms. The van der Waals surface area contributed by atoms with Crippen LogP contribution in [0.4, 0.5) is 5.69 Å². The lowest BCUT2D eigenvalue weighted by Gasteiger charge is -2.32. The van der Waals surface area contributed by atoms with Crippen LogP contribution in [0.5, 0.6) is 0 Å². The molecule has 1 amide bonds. The first-order chi connectivity index (χ1) is 15.3. The molecular formula is C24H23Cl2N3O3. The highest BCUT2D eigenvalue weighted by atomic mass is 35.5. The maximum atomic E-state index is 13.2. The number of nitrogens with one attached hydrogen (secondary N) is 1. The van der Waals surface area contributed by atoms with Crippen molar-refractivity contribution < 1.29 is 14.3 Å². The quantitative estimate of drug-likeness (QED) is 0.523. The van der Waals surface area contributed by atoms with Gasteiger partial charge in [-0.15, -0.1) is 0 Å². The summed E-state index contributed by atoms with van der Waals surface area (Å²) < 4.78 is 5.43. The van der Waals surface area contributed by atoms with Crippen molar-refractivity contribution in [2.75, 3.05) is 18.5 Å². The number of carbonyl (C=O) groups is 2. The van der Waals surface area contributed by atoms with Crippen molar-refractivity contribution in [3.05, 3.63) is 69.3 Å². The molecule has 1 aromatic heterocycles. The summed E-state index contributed by atoms with van der Waals surface area (Å²) in [6.45, 7) is 5.30. The zero-order chi connectivity index (χ0) is 22.8. The third-order valence-electron chi connectivity index (χ3n) is 5.57. The lowest BCUT2D eigenvalue weighted by molar-refractivity contribution is -0.119. The molecule has 0 spiro atoms. The Morgan fingerprint density at radius 3 is 2.72 bits per heavy atom. The number of amides is 1. The van der Waals surface area contributed by atoms with Crippen LogP contribution in [-0.4, -0.2) is 41.0 Å². The van der Waals surface area contributed by atoms with Crippen molar-refractivity contribution in [3.8, 4) is 0 Å². The molecule has 0 saturated carbocycles. The number of benzene rings is 2. The molecule has 1 N–H and O–H groups in total. The van der Waals surface area contributed by atoms with E-state index in [2.05, 4.69) is 24.1 Å². The predicted molar refractivity (Wildman–Crippen MR) is 126 cm³/mol. The van der Waals surface area contributed by atoms with Crippen LogP contribution in [0, 0.1) is 0 Å². The lowest BCUT2D eigenvalue weighted by atomic mass is 9.95. The topological polar surface area (TPSA) is 71.5 Å². The Balaban J connectivity index is 1.58. The Hall–Kier alpha value is -2.67. The SMILES string of the molecule is CC(C)N1CCc2nc3ccccc3c(C(=O)OCC(=O)Nc3cccc(Cl)c3Cl)c2C1. The summed E-state index contributed by atoms with van der Waals surface area (Å²) in [5.74, 6) is -1.05. The van der Waals surface area contributed by atoms with E-state index in [1.807, 2.05) is 24.3 Å². The van der Waals surface area contributed by atoms with Gasteiger partial charge in [0.25, 0.3) is 5.91 Å². The Kier molecular flexibility index (Phi) is 6.65. The maximum absolute atomic E-state index is 13.2. The Morgan fingerprint density at radius 2 is 1.94 bits per heavy atom. The van der Waals surface area contributed by atoms with E-state index in [4.69, 9.17) is 32.9 Å². The van der Waals surface area contributed by atoms with E-state index in [-0.39, 0.29) is 5.02 Å². The molecule has 166 valence electrons. The number of carbonyl (C=O) groups excluding carboxylic acids is 2. The van der Waals surface area contributed by atoms with Gasteiger partial charge in [-0.1, -0.05) is 47.5 Å². The van der Waals surface area contributed by atoms with E-state index in [0.717, 1.165) is 35.1 Å². The molecule has 0 radical (unpaired) electrons. The van der Waals surface area contributed by atoms with Crippen molar-refractivity contribution >= 4 is 51.7 Å². The molecule has 0 bridgehead atoms. The molecule has 1 aliphatic rings. The Bertz CT molecular complexity index is 1200. The first-order valence-electron chi connectivity index (χ1n) is 10.4. The van der Waals surface area contributed by atoms with Crippen molar-refractivity contribution in [1.82, 2.24) is 9.88 Å². The molecule has 32 heavy (non-hydrogen) atoms.